The third-order valence-electron chi connectivity index (χ3n) is 4.13. The standard InChI is InChI=1S/C14H17N3O4S/c18-13(9-7-10(9)17(20)21)15-16-14(19)12-6-8-4-2-1-3-5-11(8)22-12/h6,9-10H,1-5,7H2,(H,15,18)(H,16,19)/t9-,10+/m1/s1. The van der Waals surface area contributed by atoms with Crippen molar-refractivity contribution >= 4 is 23.2 Å². The summed E-state index contributed by atoms with van der Waals surface area (Å²) in [6.45, 7) is 0. The minimum atomic E-state index is -0.810. The molecular weight excluding hydrogens is 306 g/mol. The highest BCUT2D eigenvalue weighted by molar-refractivity contribution is 7.14. The predicted octanol–water partition coefficient (Wildman–Crippen LogP) is 1.44. The molecule has 2 amide bonds. The lowest BCUT2D eigenvalue weighted by Crippen LogP contribution is -2.42. The highest BCUT2D eigenvalue weighted by Crippen LogP contribution is 2.33. The molecular formula is C14H17N3O4S. The summed E-state index contributed by atoms with van der Waals surface area (Å²) in [5.74, 6) is -1.48. The van der Waals surface area contributed by atoms with Gasteiger partial charge in [0.2, 0.25) is 11.9 Å². The Morgan fingerprint density at radius 2 is 2.00 bits per heavy atom. The van der Waals surface area contributed by atoms with Gasteiger partial charge in [0.05, 0.1) is 4.88 Å². The molecule has 2 atom stereocenters. The smallest absolute Gasteiger partial charge is 0.273 e. The molecule has 0 radical (unpaired) electrons. The zero-order valence-electron chi connectivity index (χ0n) is 12.0. The van der Waals surface area contributed by atoms with E-state index >= 15 is 0 Å². The molecule has 1 heterocycles. The van der Waals surface area contributed by atoms with Crippen LogP contribution in [-0.4, -0.2) is 22.8 Å². The Morgan fingerprint density at radius 3 is 2.73 bits per heavy atom. The molecule has 2 aliphatic carbocycles. The maximum atomic E-state index is 12.1. The second-order valence-electron chi connectivity index (χ2n) is 5.76. The van der Waals surface area contributed by atoms with Crippen molar-refractivity contribution in [3.63, 3.8) is 0 Å². The largest absolute Gasteiger partial charge is 0.279 e. The van der Waals surface area contributed by atoms with E-state index in [0.29, 0.717) is 4.88 Å². The molecule has 0 spiro atoms. The van der Waals surface area contributed by atoms with Gasteiger partial charge in [0.1, 0.15) is 5.92 Å². The van der Waals surface area contributed by atoms with Crippen molar-refractivity contribution in [3.8, 4) is 0 Å². The second-order valence-corrected chi connectivity index (χ2v) is 6.89. The number of hydrogen-bond acceptors (Lipinski definition) is 5. The van der Waals surface area contributed by atoms with E-state index in [2.05, 4.69) is 10.9 Å². The summed E-state index contributed by atoms with van der Waals surface area (Å²) in [5, 5.41) is 10.5. The molecule has 8 heteroatoms. The van der Waals surface area contributed by atoms with Gasteiger partial charge < -0.3 is 0 Å². The number of carbonyl (C=O) groups excluding carboxylic acids is 2. The fourth-order valence-corrected chi connectivity index (χ4v) is 3.90. The highest BCUT2D eigenvalue weighted by Gasteiger charge is 2.53. The first kappa shape index (κ1) is 15.0. The van der Waals surface area contributed by atoms with E-state index in [0.717, 1.165) is 25.7 Å². The van der Waals surface area contributed by atoms with Crippen LogP contribution >= 0.6 is 11.3 Å². The van der Waals surface area contributed by atoms with E-state index in [1.54, 1.807) is 0 Å². The molecule has 2 aliphatic rings. The van der Waals surface area contributed by atoms with Gasteiger partial charge in [-0.05, 0) is 37.3 Å². The Kier molecular flexibility index (Phi) is 4.10. The van der Waals surface area contributed by atoms with E-state index in [-0.39, 0.29) is 12.3 Å². The number of carbonyl (C=O) groups is 2. The summed E-state index contributed by atoms with van der Waals surface area (Å²) < 4.78 is 0. The van der Waals surface area contributed by atoms with Crippen LogP contribution in [0.5, 0.6) is 0 Å². The molecule has 0 bridgehead atoms. The van der Waals surface area contributed by atoms with Crippen molar-refractivity contribution in [2.75, 3.05) is 0 Å². The van der Waals surface area contributed by atoms with Crippen LogP contribution in [0.1, 0.15) is 45.8 Å². The molecule has 0 saturated heterocycles. The molecule has 1 aromatic rings. The van der Waals surface area contributed by atoms with Gasteiger partial charge in [-0.2, -0.15) is 0 Å². The van der Waals surface area contributed by atoms with Crippen molar-refractivity contribution < 1.29 is 14.5 Å². The first-order valence-corrected chi connectivity index (χ1v) is 8.23. The van der Waals surface area contributed by atoms with E-state index in [1.807, 2.05) is 6.07 Å². The normalized spacial score (nSPS) is 23.1. The van der Waals surface area contributed by atoms with Gasteiger partial charge >= 0.3 is 0 Å². The quantitative estimate of drug-likeness (QED) is 0.499. The fraction of sp³-hybridized carbons (Fsp3) is 0.571. The number of aryl methyl sites for hydroxylation is 2. The molecule has 0 unspecified atom stereocenters. The van der Waals surface area contributed by atoms with E-state index in [4.69, 9.17) is 0 Å². The summed E-state index contributed by atoms with van der Waals surface area (Å²) in [7, 11) is 0. The summed E-state index contributed by atoms with van der Waals surface area (Å²) >= 11 is 1.47. The zero-order chi connectivity index (χ0) is 15.7. The number of hydrogen-bond donors (Lipinski definition) is 2. The van der Waals surface area contributed by atoms with Gasteiger partial charge in [-0.15, -0.1) is 11.3 Å². The van der Waals surface area contributed by atoms with Crippen LogP contribution in [0.15, 0.2) is 6.07 Å². The molecule has 0 aliphatic heterocycles. The first-order valence-electron chi connectivity index (χ1n) is 7.41. The van der Waals surface area contributed by atoms with Crippen molar-refractivity contribution in [2.24, 2.45) is 5.92 Å². The van der Waals surface area contributed by atoms with Crippen LogP contribution in [-0.2, 0) is 17.6 Å². The van der Waals surface area contributed by atoms with Crippen LogP contribution in [0.3, 0.4) is 0 Å². The summed E-state index contributed by atoms with van der Waals surface area (Å²) in [5.41, 5.74) is 5.87. The van der Waals surface area contributed by atoms with E-state index in [1.165, 1.54) is 28.2 Å². The third kappa shape index (κ3) is 3.11. The Bertz CT molecular complexity index is 604. The number of amides is 2. The SMILES string of the molecule is O=C(NNC(=O)[C@@H]1C[C@@H]1[N+](=O)[O-])c1cc2c(s1)CCCCC2. The lowest BCUT2D eigenvalue weighted by Gasteiger charge is -2.04. The van der Waals surface area contributed by atoms with E-state index in [9.17, 15) is 19.7 Å². The van der Waals surface area contributed by atoms with Crippen LogP contribution in [0.25, 0.3) is 0 Å². The number of thiophene rings is 1. The number of nitrogens with zero attached hydrogens (tertiary/aromatic N) is 1. The van der Waals surface area contributed by atoms with Crippen LogP contribution in [0.2, 0.25) is 0 Å². The minimum Gasteiger partial charge on any atom is -0.273 e. The van der Waals surface area contributed by atoms with Crippen LogP contribution < -0.4 is 10.9 Å². The molecule has 3 rings (SSSR count). The van der Waals surface area contributed by atoms with Crippen LogP contribution in [0, 0.1) is 16.0 Å². The average molecular weight is 323 g/mol. The third-order valence-corrected chi connectivity index (χ3v) is 5.37. The highest BCUT2D eigenvalue weighted by atomic mass is 32.1. The number of hydrazine groups is 1. The van der Waals surface area contributed by atoms with Crippen molar-refractivity contribution in [3.05, 3.63) is 31.5 Å². The molecule has 1 saturated carbocycles. The lowest BCUT2D eigenvalue weighted by atomic mass is 10.1. The molecule has 1 aromatic heterocycles. The molecule has 7 nitrogen and oxygen atoms in total. The van der Waals surface area contributed by atoms with Gasteiger partial charge in [-0.1, -0.05) is 6.42 Å². The summed E-state index contributed by atoms with van der Waals surface area (Å²) in [6.07, 6.45) is 5.75. The topological polar surface area (TPSA) is 101 Å². The molecule has 1 fully saturated rings. The monoisotopic (exact) mass is 323 g/mol. The Balaban J connectivity index is 1.54. The molecule has 22 heavy (non-hydrogen) atoms. The minimum absolute atomic E-state index is 0.238. The fourth-order valence-electron chi connectivity index (χ4n) is 2.75. The molecule has 118 valence electrons. The van der Waals surface area contributed by atoms with E-state index < -0.39 is 22.8 Å². The average Bonchev–Trinajstić information content (AvgIpc) is 3.24. The van der Waals surface area contributed by atoms with Crippen LogP contribution in [0.4, 0.5) is 0 Å². The number of rotatable bonds is 3. The maximum absolute atomic E-state index is 12.1. The Labute approximate surface area is 131 Å². The number of nitro groups is 1. The summed E-state index contributed by atoms with van der Waals surface area (Å²) in [6, 6.07) is 1.08. The molecule has 2 N–H and O–H groups in total. The lowest BCUT2D eigenvalue weighted by molar-refractivity contribution is -0.497. The maximum Gasteiger partial charge on any atom is 0.279 e. The zero-order valence-corrected chi connectivity index (χ0v) is 12.8. The van der Waals surface area contributed by atoms with Crippen molar-refractivity contribution in [2.45, 2.75) is 44.6 Å². The van der Waals surface area contributed by atoms with Gasteiger partial charge in [-0.25, -0.2) is 0 Å². The van der Waals surface area contributed by atoms with Crippen molar-refractivity contribution in [1.82, 2.24) is 10.9 Å². The van der Waals surface area contributed by atoms with Crippen molar-refractivity contribution in [1.29, 1.82) is 0 Å². The van der Waals surface area contributed by atoms with Gasteiger partial charge in [0, 0.05) is 16.2 Å². The Hall–Kier alpha value is -1.96. The van der Waals surface area contributed by atoms with Gasteiger partial charge in [0.25, 0.3) is 5.91 Å². The van der Waals surface area contributed by atoms with Gasteiger partial charge in [-0.3, -0.25) is 30.6 Å². The molecule has 0 aromatic carbocycles. The second kappa shape index (κ2) is 6.04. The van der Waals surface area contributed by atoms with Gasteiger partial charge in [0.15, 0.2) is 0 Å². The summed E-state index contributed by atoms with van der Waals surface area (Å²) in [4.78, 5) is 35.6. The number of nitrogens with one attached hydrogen (secondary N) is 2. The predicted molar refractivity (Wildman–Crippen MR) is 80.1 cm³/mol. The first-order chi connectivity index (χ1) is 10.6. The Morgan fingerprint density at radius 1 is 1.23 bits per heavy atom. The number of fused-ring (bicyclic) bond motifs is 1.